The topological polar surface area (TPSA) is 106 Å². The third-order valence-corrected chi connectivity index (χ3v) is 4.98. The number of nitrogens with zero attached hydrogens (tertiary/aromatic N) is 2. The highest BCUT2D eigenvalue weighted by Crippen LogP contribution is 2.25. The van der Waals surface area contributed by atoms with Gasteiger partial charge >= 0.3 is 12.1 Å². The van der Waals surface area contributed by atoms with Crippen molar-refractivity contribution in [2.45, 2.75) is 45.6 Å². The molecule has 34 heavy (non-hydrogen) atoms. The minimum atomic E-state index is -0.910. The van der Waals surface area contributed by atoms with E-state index in [1.807, 2.05) is 20.8 Å². The van der Waals surface area contributed by atoms with E-state index in [1.54, 1.807) is 37.3 Å². The number of hydrogen-bond donors (Lipinski definition) is 1. The molecule has 1 aromatic rings. The van der Waals surface area contributed by atoms with Crippen molar-refractivity contribution in [3.63, 3.8) is 0 Å². The Kier molecular flexibility index (Phi) is 15.3. The highest BCUT2D eigenvalue weighted by molar-refractivity contribution is 6.42. The summed E-state index contributed by atoms with van der Waals surface area (Å²) < 4.78 is 14.7. The van der Waals surface area contributed by atoms with Crippen LogP contribution in [0.3, 0.4) is 0 Å². The van der Waals surface area contributed by atoms with Crippen LogP contribution < -0.4 is 4.74 Å². The summed E-state index contributed by atoms with van der Waals surface area (Å²) in [6.45, 7) is 7.60. The number of carboxylic acid groups (broad SMARTS) is 1. The molecule has 0 spiro atoms. The lowest BCUT2D eigenvalue weighted by molar-refractivity contribution is -0.139. The summed E-state index contributed by atoms with van der Waals surface area (Å²) in [6.07, 6.45) is 2.02. The third-order valence-electron chi connectivity index (χ3n) is 4.24. The summed E-state index contributed by atoms with van der Waals surface area (Å²) in [6, 6.07) is 5.13. The van der Waals surface area contributed by atoms with Gasteiger partial charge in [0.15, 0.2) is 0 Å². The first-order valence-corrected chi connectivity index (χ1v) is 11.5. The van der Waals surface area contributed by atoms with Gasteiger partial charge in [0.1, 0.15) is 18.0 Å². The summed E-state index contributed by atoms with van der Waals surface area (Å²) in [4.78, 5) is 35.5. The van der Waals surface area contributed by atoms with E-state index in [9.17, 15) is 14.4 Å². The Bertz CT molecular complexity index is 779. The van der Waals surface area contributed by atoms with Crippen LogP contribution in [0.15, 0.2) is 18.2 Å². The van der Waals surface area contributed by atoms with Gasteiger partial charge in [-0.15, -0.1) is 0 Å². The number of aliphatic carboxylic acids is 1. The fourth-order valence-corrected chi connectivity index (χ4v) is 2.74. The number of methoxy groups -OCH3 is 2. The van der Waals surface area contributed by atoms with Gasteiger partial charge in [0.05, 0.1) is 23.6 Å². The lowest BCUT2D eigenvalue weighted by Crippen LogP contribution is -2.34. The summed E-state index contributed by atoms with van der Waals surface area (Å²) in [5.74, 6) is -0.403. The first kappa shape index (κ1) is 31.8. The van der Waals surface area contributed by atoms with Crippen molar-refractivity contribution in [1.29, 1.82) is 0 Å². The van der Waals surface area contributed by atoms with E-state index < -0.39 is 5.97 Å². The lowest BCUT2D eigenvalue weighted by atomic mass is 10.2. The smallest absolute Gasteiger partial charge is 0.410 e. The van der Waals surface area contributed by atoms with E-state index in [0.717, 1.165) is 31.7 Å². The Morgan fingerprint density at radius 1 is 1.09 bits per heavy atom. The molecule has 1 heterocycles. The van der Waals surface area contributed by atoms with Gasteiger partial charge in [-0.25, -0.2) is 4.79 Å². The standard InChI is InChI=1S/C9H17NO2.C7H6Cl2O.C7H13NO4/c1-9(2,3)12-8(11)10-6-4-5-7-10;1-10-5-2-3-6(8)7(9)4-5;1-8(4-3-7(10)11)6(9)5-12-2/h4-7H2,1-3H3;2-4H,1H3;3-5H2,1-2H3,(H,10,11). The van der Waals surface area contributed by atoms with E-state index in [1.165, 1.54) is 12.0 Å². The Morgan fingerprint density at radius 2 is 1.68 bits per heavy atom. The molecule has 0 unspecified atom stereocenters. The molecule has 9 nitrogen and oxygen atoms in total. The van der Waals surface area contributed by atoms with E-state index in [4.69, 9.17) is 37.8 Å². The normalized spacial score (nSPS) is 12.5. The number of halogens is 2. The number of rotatable bonds is 6. The molecule has 1 aliphatic rings. The average molecular weight is 523 g/mol. The molecule has 1 N–H and O–H groups in total. The second-order valence-corrected chi connectivity index (χ2v) is 9.16. The second-order valence-electron chi connectivity index (χ2n) is 8.35. The molecule has 2 rings (SSSR count). The van der Waals surface area contributed by atoms with Crippen LogP contribution in [0.2, 0.25) is 10.0 Å². The quantitative estimate of drug-likeness (QED) is 0.582. The zero-order valence-corrected chi connectivity index (χ0v) is 22.2. The van der Waals surface area contributed by atoms with Crippen molar-refractivity contribution >= 4 is 41.2 Å². The second kappa shape index (κ2) is 16.4. The average Bonchev–Trinajstić information content (AvgIpc) is 3.29. The van der Waals surface area contributed by atoms with Crippen LogP contribution in [0.25, 0.3) is 0 Å². The summed E-state index contributed by atoms with van der Waals surface area (Å²) in [5.41, 5.74) is -0.361. The maximum Gasteiger partial charge on any atom is 0.410 e. The first-order valence-electron chi connectivity index (χ1n) is 10.7. The van der Waals surface area contributed by atoms with Crippen molar-refractivity contribution < 1.29 is 33.7 Å². The van der Waals surface area contributed by atoms with Crippen LogP contribution in [-0.4, -0.2) is 86.0 Å². The molecule has 2 amide bonds. The Balaban J connectivity index is 0.000000482. The van der Waals surface area contributed by atoms with Gasteiger partial charge in [-0.2, -0.15) is 0 Å². The van der Waals surface area contributed by atoms with E-state index in [-0.39, 0.29) is 37.2 Å². The summed E-state index contributed by atoms with van der Waals surface area (Å²) >= 11 is 11.3. The molecule has 0 atom stereocenters. The van der Waals surface area contributed by atoms with Crippen LogP contribution >= 0.6 is 23.2 Å². The molecule has 1 fully saturated rings. The van der Waals surface area contributed by atoms with E-state index in [2.05, 4.69) is 4.74 Å². The number of carbonyl (C=O) groups is 3. The molecular formula is C23H36Cl2N2O7. The van der Waals surface area contributed by atoms with Crippen LogP contribution in [0.1, 0.15) is 40.0 Å². The fraction of sp³-hybridized carbons (Fsp3) is 0.609. The van der Waals surface area contributed by atoms with Crippen molar-refractivity contribution in [2.75, 3.05) is 47.5 Å². The fourth-order valence-electron chi connectivity index (χ4n) is 2.45. The van der Waals surface area contributed by atoms with Gasteiger partial charge in [0.25, 0.3) is 0 Å². The van der Waals surface area contributed by atoms with Crippen molar-refractivity contribution in [2.24, 2.45) is 0 Å². The number of likely N-dealkylation sites (N-methyl/N-ethyl adjacent to an activating group) is 1. The van der Waals surface area contributed by atoms with Crippen LogP contribution in [0.4, 0.5) is 4.79 Å². The maximum absolute atomic E-state index is 11.4. The molecular weight excluding hydrogens is 487 g/mol. The molecule has 0 aromatic heterocycles. The molecule has 0 saturated carbocycles. The Morgan fingerprint density at radius 3 is 2.12 bits per heavy atom. The molecule has 11 heteroatoms. The van der Waals surface area contributed by atoms with Crippen LogP contribution in [0.5, 0.6) is 5.75 Å². The first-order chi connectivity index (χ1) is 15.8. The van der Waals surface area contributed by atoms with Gasteiger partial charge < -0.3 is 29.1 Å². The van der Waals surface area contributed by atoms with Gasteiger partial charge in [-0.05, 0) is 45.7 Å². The molecule has 1 aliphatic heterocycles. The van der Waals surface area contributed by atoms with Crippen molar-refractivity contribution in [3.8, 4) is 5.75 Å². The predicted octanol–water partition coefficient (Wildman–Crippen LogP) is 4.59. The van der Waals surface area contributed by atoms with E-state index >= 15 is 0 Å². The molecule has 1 saturated heterocycles. The molecule has 1 aromatic carbocycles. The highest BCUT2D eigenvalue weighted by atomic mass is 35.5. The lowest BCUT2D eigenvalue weighted by Gasteiger charge is -2.23. The number of ether oxygens (including phenoxy) is 3. The van der Waals surface area contributed by atoms with Crippen molar-refractivity contribution in [3.05, 3.63) is 28.2 Å². The largest absolute Gasteiger partial charge is 0.497 e. The Labute approximate surface area is 211 Å². The number of carboxylic acids is 1. The number of hydrogen-bond acceptors (Lipinski definition) is 6. The molecule has 0 radical (unpaired) electrons. The summed E-state index contributed by atoms with van der Waals surface area (Å²) in [7, 11) is 4.55. The summed E-state index contributed by atoms with van der Waals surface area (Å²) in [5, 5.41) is 9.36. The zero-order valence-electron chi connectivity index (χ0n) is 20.7. The zero-order chi connectivity index (χ0) is 26.3. The molecule has 0 bridgehead atoms. The number of benzene rings is 1. The number of amides is 2. The molecule has 194 valence electrons. The predicted molar refractivity (Wildman–Crippen MR) is 132 cm³/mol. The van der Waals surface area contributed by atoms with Gasteiger partial charge in [0.2, 0.25) is 5.91 Å². The third kappa shape index (κ3) is 14.8. The van der Waals surface area contributed by atoms with Crippen LogP contribution in [-0.2, 0) is 19.1 Å². The van der Waals surface area contributed by atoms with Crippen molar-refractivity contribution in [1.82, 2.24) is 9.80 Å². The highest BCUT2D eigenvalue weighted by Gasteiger charge is 2.23. The number of likely N-dealkylation sites (tertiary alicyclic amines) is 1. The minimum Gasteiger partial charge on any atom is -0.497 e. The SMILES string of the molecule is CC(C)(C)OC(=O)N1CCCC1.COCC(=O)N(C)CCC(=O)O.COc1ccc(Cl)c(Cl)c1. The van der Waals surface area contributed by atoms with Crippen LogP contribution in [0, 0.1) is 0 Å². The van der Waals surface area contributed by atoms with Gasteiger partial charge in [0, 0.05) is 39.9 Å². The maximum atomic E-state index is 11.4. The van der Waals surface area contributed by atoms with E-state index in [0.29, 0.717) is 10.0 Å². The Hall–Kier alpha value is -2.23. The van der Waals surface area contributed by atoms with Gasteiger partial charge in [-0.3, -0.25) is 9.59 Å². The minimum absolute atomic E-state index is 0.00385. The molecule has 0 aliphatic carbocycles. The van der Waals surface area contributed by atoms with Gasteiger partial charge in [-0.1, -0.05) is 23.2 Å². The number of carbonyl (C=O) groups excluding carboxylic acids is 2. The monoisotopic (exact) mass is 522 g/mol.